The number of carbonyl (C=O) groups excluding carboxylic acids is 2. The Morgan fingerprint density at radius 2 is 1.55 bits per heavy atom. The molecule has 2 fully saturated rings. The minimum Gasteiger partial charge on any atom is -0.349 e. The van der Waals surface area contributed by atoms with Gasteiger partial charge in [0.05, 0.1) is 0 Å². The van der Waals surface area contributed by atoms with Crippen LogP contribution in [0.25, 0.3) is 0 Å². The van der Waals surface area contributed by atoms with Gasteiger partial charge in [-0.25, -0.2) is 4.79 Å². The van der Waals surface area contributed by atoms with Crippen LogP contribution < -0.4 is 10.6 Å². The zero-order valence-electron chi connectivity index (χ0n) is 16.8. The monoisotopic (exact) mass is 391 g/mol. The molecule has 1 aliphatic heterocycles. The lowest BCUT2D eigenvalue weighted by Gasteiger charge is -2.32. The number of rotatable bonds is 6. The molecule has 2 aliphatic rings. The van der Waals surface area contributed by atoms with Gasteiger partial charge in [0.1, 0.15) is 0 Å². The van der Waals surface area contributed by atoms with Crippen molar-refractivity contribution in [2.75, 3.05) is 13.1 Å². The maximum absolute atomic E-state index is 12.4. The molecule has 29 heavy (non-hydrogen) atoms. The van der Waals surface area contributed by atoms with Gasteiger partial charge >= 0.3 is 6.03 Å². The molecule has 2 aromatic rings. The molecule has 4 rings (SSSR count). The number of hydrogen-bond acceptors (Lipinski definition) is 2. The summed E-state index contributed by atoms with van der Waals surface area (Å²) in [4.78, 5) is 26.4. The molecule has 5 nitrogen and oxygen atoms in total. The Hall–Kier alpha value is -2.82. The van der Waals surface area contributed by atoms with Crippen molar-refractivity contribution in [2.24, 2.45) is 5.92 Å². The number of benzene rings is 2. The predicted octanol–water partition coefficient (Wildman–Crippen LogP) is 3.74. The second-order valence-corrected chi connectivity index (χ2v) is 8.22. The quantitative estimate of drug-likeness (QED) is 0.788. The lowest BCUT2D eigenvalue weighted by Crippen LogP contribution is -2.44. The summed E-state index contributed by atoms with van der Waals surface area (Å²) in [5.41, 5.74) is 3.12. The van der Waals surface area contributed by atoms with Crippen LogP contribution in [0.1, 0.15) is 47.2 Å². The number of amides is 3. The zero-order valence-corrected chi connectivity index (χ0v) is 16.8. The number of urea groups is 1. The summed E-state index contributed by atoms with van der Waals surface area (Å²) in [6.07, 6.45) is 5.24. The summed E-state index contributed by atoms with van der Waals surface area (Å²) in [6.45, 7) is 2.17. The number of nitrogens with zero attached hydrogens (tertiary/aromatic N) is 1. The topological polar surface area (TPSA) is 61.4 Å². The van der Waals surface area contributed by atoms with E-state index in [2.05, 4.69) is 22.8 Å². The molecule has 2 aromatic carbocycles. The number of carbonyl (C=O) groups is 2. The molecule has 0 spiro atoms. The Morgan fingerprint density at radius 3 is 2.21 bits per heavy atom. The summed E-state index contributed by atoms with van der Waals surface area (Å²) in [5, 5.41) is 6.04. The predicted molar refractivity (Wildman–Crippen MR) is 114 cm³/mol. The maximum atomic E-state index is 12.4. The SMILES string of the molecule is O=C(NC1CC1)c1ccc(CC2CCN(C(=O)NCc3ccccc3)CC2)cc1. The molecular formula is C24H29N3O2. The highest BCUT2D eigenvalue weighted by Gasteiger charge is 2.24. The maximum Gasteiger partial charge on any atom is 0.317 e. The third kappa shape index (κ3) is 5.59. The van der Waals surface area contributed by atoms with Crippen molar-refractivity contribution in [1.29, 1.82) is 0 Å². The Bertz CT molecular complexity index is 823. The van der Waals surface area contributed by atoms with Gasteiger partial charge in [0, 0.05) is 31.2 Å². The van der Waals surface area contributed by atoms with Crippen LogP contribution in [0.3, 0.4) is 0 Å². The van der Waals surface area contributed by atoms with E-state index in [9.17, 15) is 9.59 Å². The van der Waals surface area contributed by atoms with Gasteiger partial charge in [0.25, 0.3) is 5.91 Å². The van der Waals surface area contributed by atoms with E-state index in [0.717, 1.165) is 56.3 Å². The standard InChI is InChI=1S/C24H29N3O2/c28-23(26-22-10-11-22)21-8-6-18(7-9-21)16-19-12-14-27(15-13-19)24(29)25-17-20-4-2-1-3-5-20/h1-9,19,22H,10-17H2,(H,25,29)(H,26,28). The van der Waals surface area contributed by atoms with E-state index < -0.39 is 0 Å². The molecule has 0 atom stereocenters. The van der Waals surface area contributed by atoms with Crippen LogP contribution in [0.4, 0.5) is 4.79 Å². The highest BCUT2D eigenvalue weighted by Crippen LogP contribution is 2.23. The van der Waals surface area contributed by atoms with Gasteiger partial charge in [-0.2, -0.15) is 0 Å². The Morgan fingerprint density at radius 1 is 0.862 bits per heavy atom. The van der Waals surface area contributed by atoms with E-state index in [1.54, 1.807) is 0 Å². The van der Waals surface area contributed by atoms with Crippen molar-refractivity contribution in [1.82, 2.24) is 15.5 Å². The summed E-state index contributed by atoms with van der Waals surface area (Å²) < 4.78 is 0. The fraction of sp³-hybridized carbons (Fsp3) is 0.417. The van der Waals surface area contributed by atoms with Crippen LogP contribution in [0.2, 0.25) is 0 Å². The molecule has 0 unspecified atom stereocenters. The fourth-order valence-corrected chi connectivity index (χ4v) is 3.85. The normalized spacial score (nSPS) is 17.0. The lowest BCUT2D eigenvalue weighted by atomic mass is 9.90. The van der Waals surface area contributed by atoms with E-state index in [0.29, 0.717) is 18.5 Å². The Labute approximate surface area is 172 Å². The van der Waals surface area contributed by atoms with E-state index in [-0.39, 0.29) is 11.9 Å². The minimum absolute atomic E-state index is 0.0262. The van der Waals surface area contributed by atoms with E-state index in [1.165, 1.54) is 5.56 Å². The van der Waals surface area contributed by atoms with E-state index in [4.69, 9.17) is 0 Å². The van der Waals surface area contributed by atoms with E-state index >= 15 is 0 Å². The largest absolute Gasteiger partial charge is 0.349 e. The second-order valence-electron chi connectivity index (χ2n) is 8.22. The molecule has 3 amide bonds. The van der Waals surface area contributed by atoms with Gasteiger partial charge < -0.3 is 15.5 Å². The average Bonchev–Trinajstić information content (AvgIpc) is 3.58. The summed E-state index contributed by atoms with van der Waals surface area (Å²) in [6, 6.07) is 18.4. The van der Waals surface area contributed by atoms with Crippen molar-refractivity contribution in [3.63, 3.8) is 0 Å². The van der Waals surface area contributed by atoms with Gasteiger partial charge in [-0.1, -0.05) is 42.5 Å². The van der Waals surface area contributed by atoms with Crippen LogP contribution in [0, 0.1) is 5.92 Å². The minimum atomic E-state index is 0.0262. The summed E-state index contributed by atoms with van der Waals surface area (Å²) in [5.74, 6) is 0.619. The van der Waals surface area contributed by atoms with Crippen molar-refractivity contribution >= 4 is 11.9 Å². The molecule has 0 radical (unpaired) electrons. The Kier molecular flexibility index (Phi) is 6.13. The van der Waals surface area contributed by atoms with Crippen LogP contribution in [-0.2, 0) is 13.0 Å². The van der Waals surface area contributed by atoms with Crippen molar-refractivity contribution < 1.29 is 9.59 Å². The van der Waals surface area contributed by atoms with Gasteiger partial charge in [-0.3, -0.25) is 4.79 Å². The van der Waals surface area contributed by atoms with Crippen molar-refractivity contribution in [2.45, 2.75) is 44.7 Å². The molecule has 0 aromatic heterocycles. The number of nitrogens with one attached hydrogen (secondary N) is 2. The van der Waals surface area contributed by atoms with Crippen LogP contribution in [-0.4, -0.2) is 36.0 Å². The number of piperidine rings is 1. The number of hydrogen-bond donors (Lipinski definition) is 2. The Balaban J connectivity index is 1.20. The zero-order chi connectivity index (χ0) is 20.1. The summed E-state index contributed by atoms with van der Waals surface area (Å²) >= 11 is 0. The molecule has 5 heteroatoms. The van der Waals surface area contributed by atoms with Crippen LogP contribution >= 0.6 is 0 Å². The molecule has 1 aliphatic carbocycles. The van der Waals surface area contributed by atoms with E-state index in [1.807, 2.05) is 47.4 Å². The third-order valence-corrected chi connectivity index (χ3v) is 5.84. The average molecular weight is 392 g/mol. The molecule has 1 saturated heterocycles. The van der Waals surface area contributed by atoms with Gasteiger partial charge in [-0.05, 0) is 61.3 Å². The van der Waals surface area contributed by atoms with Crippen LogP contribution in [0.15, 0.2) is 54.6 Å². The fourth-order valence-electron chi connectivity index (χ4n) is 3.85. The van der Waals surface area contributed by atoms with Gasteiger partial charge in [0.15, 0.2) is 0 Å². The first-order chi connectivity index (χ1) is 14.2. The molecular weight excluding hydrogens is 362 g/mol. The number of likely N-dealkylation sites (tertiary alicyclic amines) is 1. The first-order valence-corrected chi connectivity index (χ1v) is 10.6. The van der Waals surface area contributed by atoms with Crippen molar-refractivity contribution in [3.8, 4) is 0 Å². The second kappa shape index (κ2) is 9.12. The summed E-state index contributed by atoms with van der Waals surface area (Å²) in [7, 11) is 0. The molecule has 1 saturated carbocycles. The third-order valence-electron chi connectivity index (χ3n) is 5.84. The van der Waals surface area contributed by atoms with Gasteiger partial charge in [0.2, 0.25) is 0 Å². The first-order valence-electron chi connectivity index (χ1n) is 10.6. The first kappa shape index (κ1) is 19.5. The molecule has 1 heterocycles. The molecule has 0 bridgehead atoms. The highest BCUT2D eigenvalue weighted by molar-refractivity contribution is 5.94. The van der Waals surface area contributed by atoms with Crippen molar-refractivity contribution in [3.05, 3.63) is 71.3 Å². The van der Waals surface area contributed by atoms with Crippen LogP contribution in [0.5, 0.6) is 0 Å². The smallest absolute Gasteiger partial charge is 0.317 e. The van der Waals surface area contributed by atoms with Gasteiger partial charge in [-0.15, -0.1) is 0 Å². The highest BCUT2D eigenvalue weighted by atomic mass is 16.2. The lowest BCUT2D eigenvalue weighted by molar-refractivity contribution is 0.0951. The molecule has 152 valence electrons. The molecule has 2 N–H and O–H groups in total.